The van der Waals surface area contributed by atoms with Gasteiger partial charge < -0.3 is 15.0 Å². The van der Waals surface area contributed by atoms with Gasteiger partial charge >= 0.3 is 0 Å². The lowest BCUT2D eigenvalue weighted by molar-refractivity contribution is 0.0947. The van der Waals surface area contributed by atoms with Crippen molar-refractivity contribution in [3.05, 3.63) is 95.1 Å². The highest BCUT2D eigenvalue weighted by Crippen LogP contribution is 2.25. The van der Waals surface area contributed by atoms with Gasteiger partial charge in [0.05, 0.1) is 6.54 Å². The van der Waals surface area contributed by atoms with E-state index in [4.69, 9.17) is 4.74 Å². The number of hydrogen-bond donors (Lipinski definition) is 1. The zero-order chi connectivity index (χ0) is 24.3. The van der Waals surface area contributed by atoms with Crippen LogP contribution in [0.3, 0.4) is 0 Å². The first-order valence-corrected chi connectivity index (χ1v) is 11.3. The summed E-state index contributed by atoms with van der Waals surface area (Å²) in [6.07, 6.45) is 0. The molecule has 4 heteroatoms. The van der Waals surface area contributed by atoms with Gasteiger partial charge in [-0.1, -0.05) is 43.9 Å². The summed E-state index contributed by atoms with van der Waals surface area (Å²) in [5.74, 6) is 12.9. The molecule has 4 nitrogen and oxygen atoms in total. The second kappa shape index (κ2) is 12.2. The van der Waals surface area contributed by atoms with Crippen molar-refractivity contribution in [2.45, 2.75) is 19.8 Å². The first-order valence-electron chi connectivity index (χ1n) is 11.3. The third kappa shape index (κ3) is 7.19. The Morgan fingerprint density at radius 2 is 1.50 bits per heavy atom. The maximum Gasteiger partial charge on any atom is 0.251 e. The van der Waals surface area contributed by atoms with Crippen molar-refractivity contribution in [3.8, 4) is 29.4 Å². The van der Waals surface area contributed by atoms with Crippen LogP contribution in [-0.2, 0) is 0 Å². The van der Waals surface area contributed by atoms with E-state index in [-0.39, 0.29) is 7.33 Å². The fraction of sp³-hybridized carbons (Fsp3) is 0.233. The minimum Gasteiger partial charge on any atom is -0.491 e. The van der Waals surface area contributed by atoms with Crippen LogP contribution >= 0.6 is 0 Å². The number of benzene rings is 3. The molecule has 0 bridgehead atoms. The van der Waals surface area contributed by atoms with E-state index in [1.54, 1.807) is 12.1 Å². The normalized spacial score (nSPS) is 9.91. The van der Waals surface area contributed by atoms with Crippen LogP contribution in [0.5, 0.6) is 5.75 Å². The van der Waals surface area contributed by atoms with Crippen molar-refractivity contribution in [1.29, 1.82) is 0 Å². The van der Waals surface area contributed by atoms with Crippen molar-refractivity contribution in [2.24, 2.45) is 0 Å². The van der Waals surface area contributed by atoms with E-state index in [2.05, 4.69) is 48.9 Å². The fourth-order valence-corrected chi connectivity index (χ4v) is 3.27. The topological polar surface area (TPSA) is 41.6 Å². The molecule has 0 aliphatic rings. The van der Waals surface area contributed by atoms with Crippen LogP contribution in [0.1, 0.15) is 48.2 Å². The van der Waals surface area contributed by atoms with Gasteiger partial charge in [-0.3, -0.25) is 4.79 Å². The minimum atomic E-state index is -0.138. The Bertz CT molecular complexity index is 1230. The van der Waals surface area contributed by atoms with Crippen molar-refractivity contribution in [1.82, 2.24) is 5.32 Å². The molecule has 0 aliphatic heterocycles. The number of hydrogen-bond acceptors (Lipinski definition) is 3. The van der Waals surface area contributed by atoms with Crippen LogP contribution in [0.25, 0.3) is 0 Å². The zero-order valence-electron chi connectivity index (χ0n) is 20.2. The van der Waals surface area contributed by atoms with E-state index in [0.717, 1.165) is 28.1 Å². The Kier molecular flexibility index (Phi) is 8.78. The predicted octanol–water partition coefficient (Wildman–Crippen LogP) is 5.33. The highest BCUT2D eigenvalue weighted by molar-refractivity contribution is 5.94. The van der Waals surface area contributed by atoms with Crippen molar-refractivity contribution >= 4 is 11.6 Å². The molecule has 0 spiro atoms. The molecular weight excluding hydrogens is 420 g/mol. The molecule has 0 saturated carbocycles. The first kappa shape index (κ1) is 24.5. The van der Waals surface area contributed by atoms with Gasteiger partial charge in [0, 0.05) is 37.9 Å². The summed E-state index contributed by atoms with van der Waals surface area (Å²) in [7, 11) is 4.01. The summed E-state index contributed by atoms with van der Waals surface area (Å²) >= 11 is 0. The molecule has 174 valence electrons. The molecule has 0 aliphatic carbocycles. The van der Waals surface area contributed by atoms with Crippen LogP contribution in [0.15, 0.2) is 72.8 Å². The standard InChI is InChI=1S/C30H30N2O2.H2/c1-23(2)28-11-7-8-12-29(28)34-22-21-31-30(33)26-17-13-24(14-18-26)9-5-6-10-25-15-19-27(20-16-25)32(3)4;/h7-8,11-20,23H,21-22H2,1-4H3,(H,31,33);1H. The van der Waals surface area contributed by atoms with Gasteiger partial charge in [-0.15, -0.1) is 0 Å². The Morgan fingerprint density at radius 3 is 2.09 bits per heavy atom. The highest BCUT2D eigenvalue weighted by Gasteiger charge is 2.08. The summed E-state index contributed by atoms with van der Waals surface area (Å²) in [5.41, 5.74) is 4.61. The summed E-state index contributed by atoms with van der Waals surface area (Å²) in [6.45, 7) is 5.11. The van der Waals surface area contributed by atoms with Crippen LogP contribution in [0, 0.1) is 23.7 Å². The molecule has 0 unspecified atom stereocenters. The number of amides is 1. The Labute approximate surface area is 204 Å². The molecule has 0 radical (unpaired) electrons. The second-order valence-electron chi connectivity index (χ2n) is 8.32. The molecule has 0 atom stereocenters. The highest BCUT2D eigenvalue weighted by atomic mass is 16.5. The number of carbonyl (C=O) groups excluding carboxylic acids is 1. The second-order valence-corrected chi connectivity index (χ2v) is 8.32. The molecule has 1 amide bonds. The van der Waals surface area contributed by atoms with Crippen LogP contribution in [-0.4, -0.2) is 33.2 Å². The van der Waals surface area contributed by atoms with Gasteiger partial charge in [-0.2, -0.15) is 0 Å². The summed E-state index contributed by atoms with van der Waals surface area (Å²) < 4.78 is 5.86. The number of rotatable bonds is 7. The number of carbonyl (C=O) groups is 1. The fourth-order valence-electron chi connectivity index (χ4n) is 3.27. The number of ether oxygens (including phenoxy) is 1. The first-order chi connectivity index (χ1) is 16.4. The molecule has 34 heavy (non-hydrogen) atoms. The van der Waals surface area contributed by atoms with E-state index in [1.807, 2.05) is 73.6 Å². The number of anilines is 1. The van der Waals surface area contributed by atoms with E-state index < -0.39 is 0 Å². The molecule has 1 N–H and O–H groups in total. The third-order valence-electron chi connectivity index (χ3n) is 5.19. The number of nitrogens with one attached hydrogen (secondary N) is 1. The van der Waals surface area contributed by atoms with E-state index in [0.29, 0.717) is 24.6 Å². The van der Waals surface area contributed by atoms with E-state index in [9.17, 15) is 4.79 Å². The predicted molar refractivity (Wildman–Crippen MR) is 141 cm³/mol. The molecule has 0 saturated heterocycles. The van der Waals surface area contributed by atoms with Crippen LogP contribution in [0.4, 0.5) is 5.69 Å². The quantitative estimate of drug-likeness (QED) is 0.389. The summed E-state index contributed by atoms with van der Waals surface area (Å²) in [6, 6.07) is 23.2. The smallest absolute Gasteiger partial charge is 0.251 e. The molecule has 3 aromatic rings. The van der Waals surface area contributed by atoms with Crippen LogP contribution in [0.2, 0.25) is 0 Å². The van der Waals surface area contributed by atoms with E-state index >= 15 is 0 Å². The molecule has 0 fully saturated rings. The maximum atomic E-state index is 12.4. The van der Waals surface area contributed by atoms with Gasteiger partial charge in [0.2, 0.25) is 0 Å². The number of nitrogens with zero attached hydrogens (tertiary/aromatic N) is 1. The van der Waals surface area contributed by atoms with Crippen molar-refractivity contribution in [2.75, 3.05) is 32.1 Å². The molecule has 0 heterocycles. The average molecular weight is 453 g/mol. The summed E-state index contributed by atoms with van der Waals surface area (Å²) in [5, 5.41) is 2.89. The molecule has 0 aromatic heterocycles. The van der Waals surface area contributed by atoms with Crippen molar-refractivity contribution in [3.63, 3.8) is 0 Å². The number of para-hydroxylation sites is 1. The lowest BCUT2D eigenvalue weighted by atomic mass is 10.0. The largest absolute Gasteiger partial charge is 0.491 e. The lowest BCUT2D eigenvalue weighted by Gasteiger charge is -2.14. The van der Waals surface area contributed by atoms with Gasteiger partial charge in [-0.25, -0.2) is 0 Å². The van der Waals surface area contributed by atoms with Gasteiger partial charge in [0.1, 0.15) is 12.4 Å². The molecule has 3 aromatic carbocycles. The SMILES string of the molecule is CC(C)c1ccccc1OCCNC(=O)c1ccc(C#CC#Cc2ccc(N(C)C)cc2)cc1.[HH]. The minimum absolute atomic E-state index is 0. The van der Waals surface area contributed by atoms with E-state index in [1.165, 1.54) is 0 Å². The Morgan fingerprint density at radius 1 is 0.912 bits per heavy atom. The Hall–Kier alpha value is -4.15. The monoisotopic (exact) mass is 452 g/mol. The summed E-state index contributed by atoms with van der Waals surface area (Å²) in [4.78, 5) is 14.4. The third-order valence-corrected chi connectivity index (χ3v) is 5.19. The average Bonchev–Trinajstić information content (AvgIpc) is 2.85. The van der Waals surface area contributed by atoms with Crippen LogP contribution < -0.4 is 15.0 Å². The van der Waals surface area contributed by atoms with Gasteiger partial charge in [0.25, 0.3) is 5.91 Å². The molecular formula is C30H32N2O2. The van der Waals surface area contributed by atoms with Crippen molar-refractivity contribution < 1.29 is 11.0 Å². The zero-order valence-corrected chi connectivity index (χ0v) is 20.2. The van der Waals surface area contributed by atoms with Gasteiger partial charge in [-0.05, 0) is 77.9 Å². The lowest BCUT2D eigenvalue weighted by Crippen LogP contribution is -2.28. The molecule has 3 rings (SSSR count). The van der Waals surface area contributed by atoms with Gasteiger partial charge in [0.15, 0.2) is 0 Å². The Balaban J connectivity index is 0.00000432. The maximum absolute atomic E-state index is 12.4.